The van der Waals surface area contributed by atoms with E-state index in [1.807, 2.05) is 40.0 Å². The van der Waals surface area contributed by atoms with E-state index in [9.17, 15) is 4.79 Å². The van der Waals surface area contributed by atoms with Crippen LogP contribution in [0.1, 0.15) is 42.6 Å². The molecule has 0 radical (unpaired) electrons. The Hall–Kier alpha value is -1.06. The number of carbonyl (C=O) groups excluding carboxylic acids is 1. The summed E-state index contributed by atoms with van der Waals surface area (Å²) in [6, 6.07) is 5.98. The number of rotatable bonds is 3. The molecule has 0 spiro atoms. The molecule has 1 aliphatic rings. The Balaban J connectivity index is 0.00000106. The van der Waals surface area contributed by atoms with Gasteiger partial charge in [0.05, 0.1) is 0 Å². The van der Waals surface area contributed by atoms with Crippen LogP contribution >= 0.6 is 11.6 Å². The van der Waals surface area contributed by atoms with Crippen molar-refractivity contribution in [1.82, 2.24) is 9.80 Å². The van der Waals surface area contributed by atoms with Crippen LogP contribution in [0.3, 0.4) is 0 Å². The molecule has 2 rings (SSSR count). The van der Waals surface area contributed by atoms with Gasteiger partial charge in [-0.05, 0) is 57.1 Å². The predicted molar refractivity (Wildman–Crippen MR) is 90.1 cm³/mol. The summed E-state index contributed by atoms with van der Waals surface area (Å²) < 4.78 is 0. The molecule has 1 heterocycles. The van der Waals surface area contributed by atoms with Crippen LogP contribution in [0.2, 0.25) is 5.02 Å². The van der Waals surface area contributed by atoms with Gasteiger partial charge in [0.1, 0.15) is 0 Å². The number of carbonyl (C=O) groups is 1. The zero-order valence-corrected chi connectivity index (χ0v) is 14.6. The molecular formula is C17H27ClN2O. The van der Waals surface area contributed by atoms with E-state index in [0.29, 0.717) is 16.6 Å². The van der Waals surface area contributed by atoms with E-state index < -0.39 is 0 Å². The second-order valence-corrected chi connectivity index (χ2v) is 5.92. The van der Waals surface area contributed by atoms with Crippen LogP contribution in [0.15, 0.2) is 18.2 Å². The van der Waals surface area contributed by atoms with E-state index in [4.69, 9.17) is 11.6 Å². The summed E-state index contributed by atoms with van der Waals surface area (Å²) in [7, 11) is 3.99. The Morgan fingerprint density at radius 1 is 1.38 bits per heavy atom. The molecule has 0 saturated carbocycles. The summed E-state index contributed by atoms with van der Waals surface area (Å²) >= 11 is 6.01. The van der Waals surface area contributed by atoms with Crippen molar-refractivity contribution in [2.24, 2.45) is 0 Å². The lowest BCUT2D eigenvalue weighted by Crippen LogP contribution is -2.39. The van der Waals surface area contributed by atoms with Crippen LogP contribution in [0, 0.1) is 6.92 Å². The fourth-order valence-electron chi connectivity index (χ4n) is 2.69. The van der Waals surface area contributed by atoms with Gasteiger partial charge < -0.3 is 9.80 Å². The lowest BCUT2D eigenvalue weighted by molar-refractivity contribution is 0.0761. The Morgan fingerprint density at radius 3 is 2.57 bits per heavy atom. The van der Waals surface area contributed by atoms with Gasteiger partial charge >= 0.3 is 0 Å². The predicted octanol–water partition coefficient (Wildman–Crippen LogP) is 3.84. The highest BCUT2D eigenvalue weighted by atomic mass is 35.5. The van der Waals surface area contributed by atoms with Crippen LogP contribution in [0.25, 0.3) is 0 Å². The van der Waals surface area contributed by atoms with E-state index in [0.717, 1.165) is 18.7 Å². The van der Waals surface area contributed by atoms with Crippen molar-refractivity contribution in [2.75, 3.05) is 27.2 Å². The lowest BCUT2D eigenvalue weighted by atomic mass is 10.1. The van der Waals surface area contributed by atoms with Gasteiger partial charge in [-0.15, -0.1) is 0 Å². The van der Waals surface area contributed by atoms with Crippen molar-refractivity contribution in [3.8, 4) is 0 Å². The Labute approximate surface area is 133 Å². The first-order valence-corrected chi connectivity index (χ1v) is 8.08. The summed E-state index contributed by atoms with van der Waals surface area (Å²) in [6.07, 6.45) is 2.39. The highest BCUT2D eigenvalue weighted by Gasteiger charge is 2.24. The third kappa shape index (κ3) is 5.01. The van der Waals surface area contributed by atoms with Crippen molar-refractivity contribution in [3.63, 3.8) is 0 Å². The van der Waals surface area contributed by atoms with Gasteiger partial charge in [0.2, 0.25) is 0 Å². The first-order chi connectivity index (χ1) is 9.97. The maximum Gasteiger partial charge on any atom is 0.253 e. The molecule has 1 saturated heterocycles. The molecule has 4 heteroatoms. The Bertz CT molecular complexity index is 456. The van der Waals surface area contributed by atoms with Gasteiger partial charge in [0.25, 0.3) is 5.91 Å². The van der Waals surface area contributed by atoms with Crippen molar-refractivity contribution in [1.29, 1.82) is 0 Å². The van der Waals surface area contributed by atoms with Crippen LogP contribution < -0.4 is 0 Å². The van der Waals surface area contributed by atoms with Gasteiger partial charge in [-0.2, -0.15) is 0 Å². The smallest absolute Gasteiger partial charge is 0.253 e. The summed E-state index contributed by atoms with van der Waals surface area (Å²) in [5, 5.41) is 0.620. The monoisotopic (exact) mass is 310 g/mol. The molecule has 0 bridgehead atoms. The average Bonchev–Trinajstić information content (AvgIpc) is 2.84. The maximum absolute atomic E-state index is 12.4. The zero-order valence-electron chi connectivity index (χ0n) is 13.8. The van der Waals surface area contributed by atoms with Crippen LogP contribution in [-0.4, -0.2) is 48.9 Å². The highest BCUT2D eigenvalue weighted by molar-refractivity contribution is 6.31. The lowest BCUT2D eigenvalue weighted by Gasteiger charge is -2.26. The Kier molecular flexibility index (Phi) is 7.20. The number of nitrogens with zero attached hydrogens (tertiary/aromatic N) is 2. The molecule has 21 heavy (non-hydrogen) atoms. The van der Waals surface area contributed by atoms with E-state index in [-0.39, 0.29) is 5.91 Å². The number of halogens is 1. The number of amides is 1. The summed E-state index contributed by atoms with van der Waals surface area (Å²) in [4.78, 5) is 16.5. The SMILES string of the molecule is CC.Cc1cc(Cl)cc(C(=O)N(C)CC2CCCN2C)c1. The Morgan fingerprint density at radius 2 is 2.05 bits per heavy atom. The number of aryl methyl sites for hydroxylation is 1. The largest absolute Gasteiger partial charge is 0.340 e. The topological polar surface area (TPSA) is 23.6 Å². The first-order valence-electron chi connectivity index (χ1n) is 7.70. The van der Waals surface area contributed by atoms with E-state index in [2.05, 4.69) is 11.9 Å². The first kappa shape index (κ1) is 18.0. The number of likely N-dealkylation sites (tertiary alicyclic amines) is 1. The molecule has 0 aromatic heterocycles. The summed E-state index contributed by atoms with van der Waals surface area (Å²) in [5.41, 5.74) is 1.69. The van der Waals surface area contributed by atoms with Crippen molar-refractivity contribution < 1.29 is 4.79 Å². The molecule has 118 valence electrons. The molecule has 1 aromatic carbocycles. The number of likely N-dealkylation sites (N-methyl/N-ethyl adjacent to an activating group) is 2. The molecule has 0 aliphatic carbocycles. The number of hydrogen-bond acceptors (Lipinski definition) is 2. The summed E-state index contributed by atoms with van der Waals surface area (Å²) in [5.74, 6) is 0.0471. The van der Waals surface area contributed by atoms with Gasteiger partial charge in [-0.3, -0.25) is 4.79 Å². The fraction of sp³-hybridized carbons (Fsp3) is 0.588. The quantitative estimate of drug-likeness (QED) is 0.847. The average molecular weight is 311 g/mol. The number of hydrogen-bond donors (Lipinski definition) is 0. The normalized spacial score (nSPS) is 18.1. The highest BCUT2D eigenvalue weighted by Crippen LogP contribution is 2.18. The van der Waals surface area contributed by atoms with Gasteiger partial charge in [0, 0.05) is 30.2 Å². The second-order valence-electron chi connectivity index (χ2n) is 5.48. The van der Waals surface area contributed by atoms with Gasteiger partial charge in [-0.1, -0.05) is 25.4 Å². The van der Waals surface area contributed by atoms with E-state index >= 15 is 0 Å². The molecule has 1 atom stereocenters. The van der Waals surface area contributed by atoms with Crippen LogP contribution in [-0.2, 0) is 0 Å². The molecule has 1 aromatic rings. The summed E-state index contributed by atoms with van der Waals surface area (Å²) in [6.45, 7) is 7.86. The molecule has 1 aliphatic heterocycles. The standard InChI is InChI=1S/C15H21ClN2O.C2H6/c1-11-7-12(9-13(16)8-11)15(19)18(3)10-14-5-4-6-17(14)2;1-2/h7-9,14H,4-6,10H2,1-3H3;1-2H3. The minimum absolute atomic E-state index is 0.0471. The molecule has 1 unspecified atom stereocenters. The van der Waals surface area contributed by atoms with E-state index in [1.165, 1.54) is 12.8 Å². The maximum atomic E-state index is 12.4. The van der Waals surface area contributed by atoms with Gasteiger partial charge in [-0.25, -0.2) is 0 Å². The molecule has 1 amide bonds. The van der Waals surface area contributed by atoms with Crippen molar-refractivity contribution in [3.05, 3.63) is 34.3 Å². The molecule has 0 N–H and O–H groups in total. The van der Waals surface area contributed by atoms with Crippen molar-refractivity contribution in [2.45, 2.75) is 39.7 Å². The van der Waals surface area contributed by atoms with E-state index in [1.54, 1.807) is 11.0 Å². The molecule has 3 nitrogen and oxygen atoms in total. The van der Waals surface area contributed by atoms with Gasteiger partial charge in [0.15, 0.2) is 0 Å². The second kappa shape index (κ2) is 8.40. The third-order valence-corrected chi connectivity index (χ3v) is 4.01. The minimum atomic E-state index is 0.0471. The fourth-order valence-corrected chi connectivity index (χ4v) is 2.98. The number of benzene rings is 1. The molecule has 1 fully saturated rings. The third-order valence-electron chi connectivity index (χ3n) is 3.79. The van der Waals surface area contributed by atoms with Crippen LogP contribution in [0.5, 0.6) is 0 Å². The zero-order chi connectivity index (χ0) is 16.0. The van der Waals surface area contributed by atoms with Crippen LogP contribution in [0.4, 0.5) is 0 Å². The van der Waals surface area contributed by atoms with Crippen molar-refractivity contribution >= 4 is 17.5 Å². The molecular weight excluding hydrogens is 284 g/mol. The minimum Gasteiger partial charge on any atom is -0.340 e.